The maximum atomic E-state index is 13.5. The predicted molar refractivity (Wildman–Crippen MR) is 83.3 cm³/mol. The van der Waals surface area contributed by atoms with Gasteiger partial charge in [-0.05, 0) is 24.3 Å². The van der Waals surface area contributed by atoms with E-state index < -0.39 is 5.82 Å². The van der Waals surface area contributed by atoms with Gasteiger partial charge >= 0.3 is 0 Å². The molecule has 21 heavy (non-hydrogen) atoms. The Kier molecular flexibility index (Phi) is 3.82. The van der Waals surface area contributed by atoms with Crippen LogP contribution in [0.1, 0.15) is 0 Å². The monoisotopic (exact) mass is 321 g/mol. The molecule has 3 rings (SSSR count). The minimum Gasteiger partial charge on any atom is -0.325 e. The Labute approximate surface area is 131 Å². The Morgan fingerprint density at radius 1 is 1.05 bits per heavy atom. The molecule has 3 nitrogen and oxygen atoms in total. The van der Waals surface area contributed by atoms with Gasteiger partial charge in [0.15, 0.2) is 5.82 Å². The van der Waals surface area contributed by atoms with Crippen LogP contribution in [0, 0.1) is 5.82 Å². The number of benzene rings is 2. The fourth-order valence-corrected chi connectivity index (χ4v) is 2.41. The van der Waals surface area contributed by atoms with Gasteiger partial charge in [-0.15, -0.1) is 0 Å². The molecule has 0 atom stereocenters. The van der Waals surface area contributed by atoms with Gasteiger partial charge in [-0.25, -0.2) is 9.37 Å². The number of rotatable bonds is 3. The average Bonchev–Trinajstić information content (AvgIpc) is 2.93. The van der Waals surface area contributed by atoms with E-state index in [2.05, 4.69) is 10.3 Å². The van der Waals surface area contributed by atoms with Crippen molar-refractivity contribution in [3.8, 4) is 5.69 Å². The third kappa shape index (κ3) is 2.86. The van der Waals surface area contributed by atoms with Crippen molar-refractivity contribution in [1.29, 1.82) is 0 Å². The molecule has 2 aromatic carbocycles. The van der Waals surface area contributed by atoms with Gasteiger partial charge in [-0.3, -0.25) is 4.57 Å². The third-order valence-corrected chi connectivity index (χ3v) is 3.47. The number of nitrogens with one attached hydrogen (secondary N) is 1. The second-order valence-corrected chi connectivity index (χ2v) is 5.15. The first-order valence-corrected chi connectivity index (χ1v) is 6.91. The van der Waals surface area contributed by atoms with E-state index in [4.69, 9.17) is 23.2 Å². The number of imidazole rings is 1. The van der Waals surface area contributed by atoms with Crippen LogP contribution in [0.5, 0.6) is 0 Å². The van der Waals surface area contributed by atoms with Crippen molar-refractivity contribution in [3.05, 3.63) is 70.7 Å². The van der Waals surface area contributed by atoms with Gasteiger partial charge in [-0.2, -0.15) is 0 Å². The van der Waals surface area contributed by atoms with Gasteiger partial charge in [0.2, 0.25) is 5.95 Å². The molecule has 0 aliphatic carbocycles. The highest BCUT2D eigenvalue weighted by atomic mass is 35.5. The highest BCUT2D eigenvalue weighted by Crippen LogP contribution is 2.28. The van der Waals surface area contributed by atoms with Crippen LogP contribution in [-0.4, -0.2) is 9.55 Å². The lowest BCUT2D eigenvalue weighted by Gasteiger charge is -2.11. The van der Waals surface area contributed by atoms with E-state index in [0.717, 1.165) is 5.69 Å². The van der Waals surface area contributed by atoms with E-state index in [1.165, 1.54) is 12.1 Å². The van der Waals surface area contributed by atoms with Gasteiger partial charge in [0, 0.05) is 18.1 Å². The molecule has 0 aliphatic heterocycles. The molecule has 0 fully saturated rings. The molecule has 1 heterocycles. The van der Waals surface area contributed by atoms with Crippen molar-refractivity contribution in [3.63, 3.8) is 0 Å². The van der Waals surface area contributed by atoms with Crippen molar-refractivity contribution >= 4 is 34.8 Å². The largest absolute Gasteiger partial charge is 0.325 e. The van der Waals surface area contributed by atoms with Crippen molar-refractivity contribution in [2.45, 2.75) is 0 Å². The van der Waals surface area contributed by atoms with E-state index >= 15 is 0 Å². The summed E-state index contributed by atoms with van der Waals surface area (Å²) in [5, 5.41) is 3.12. The molecule has 0 aliphatic rings. The molecule has 0 bridgehead atoms. The molecule has 0 unspecified atom stereocenters. The molecule has 6 heteroatoms. The highest BCUT2D eigenvalue weighted by molar-refractivity contribution is 6.35. The fourth-order valence-electron chi connectivity index (χ4n) is 1.94. The molecule has 3 aromatic rings. The number of hydrogen-bond acceptors (Lipinski definition) is 2. The van der Waals surface area contributed by atoms with E-state index in [1.807, 2.05) is 30.3 Å². The quantitative estimate of drug-likeness (QED) is 0.683. The third-order valence-electron chi connectivity index (χ3n) is 2.92. The standard InChI is InChI=1S/C15H10Cl2FN3/c16-12-8-11(9-13(17)14(12)18)21-7-6-19-15(21)20-10-4-2-1-3-5-10/h1-9H,(H,19,20). The van der Waals surface area contributed by atoms with Crippen molar-refractivity contribution < 1.29 is 4.39 Å². The minimum atomic E-state index is -0.625. The normalized spacial score (nSPS) is 10.6. The van der Waals surface area contributed by atoms with Crippen LogP contribution in [0.25, 0.3) is 5.69 Å². The Bertz CT molecular complexity index is 749. The molecule has 106 valence electrons. The SMILES string of the molecule is Fc1c(Cl)cc(-n2ccnc2Nc2ccccc2)cc1Cl. The molecule has 0 spiro atoms. The molecular weight excluding hydrogens is 312 g/mol. The van der Waals surface area contributed by atoms with Crippen LogP contribution in [0.15, 0.2) is 54.9 Å². The lowest BCUT2D eigenvalue weighted by Crippen LogP contribution is -2.01. The Balaban J connectivity index is 1.99. The topological polar surface area (TPSA) is 29.9 Å². The van der Waals surface area contributed by atoms with Crippen LogP contribution in [-0.2, 0) is 0 Å². The van der Waals surface area contributed by atoms with Gasteiger partial charge in [0.1, 0.15) is 0 Å². The number of para-hydroxylation sites is 1. The summed E-state index contributed by atoms with van der Waals surface area (Å²) >= 11 is 11.7. The molecule has 0 saturated heterocycles. The lowest BCUT2D eigenvalue weighted by molar-refractivity contribution is 0.628. The molecule has 1 N–H and O–H groups in total. The Morgan fingerprint density at radius 2 is 1.71 bits per heavy atom. The van der Waals surface area contributed by atoms with Gasteiger partial charge in [0.05, 0.1) is 15.7 Å². The van der Waals surface area contributed by atoms with Crippen molar-refractivity contribution in [2.24, 2.45) is 0 Å². The Hall–Kier alpha value is -2.04. The van der Waals surface area contributed by atoms with Crippen LogP contribution >= 0.6 is 23.2 Å². The lowest BCUT2D eigenvalue weighted by atomic mass is 10.3. The Morgan fingerprint density at radius 3 is 2.38 bits per heavy atom. The van der Waals surface area contributed by atoms with Gasteiger partial charge in [-0.1, -0.05) is 41.4 Å². The van der Waals surface area contributed by atoms with Crippen molar-refractivity contribution in [2.75, 3.05) is 5.32 Å². The van der Waals surface area contributed by atoms with Gasteiger partial charge < -0.3 is 5.32 Å². The number of hydrogen-bond donors (Lipinski definition) is 1. The summed E-state index contributed by atoms with van der Waals surface area (Å²) in [5.74, 6) is -0.0419. The van der Waals surface area contributed by atoms with Crippen molar-refractivity contribution in [1.82, 2.24) is 9.55 Å². The molecule has 0 amide bonds. The molecule has 0 radical (unpaired) electrons. The number of halogens is 3. The maximum absolute atomic E-state index is 13.5. The second kappa shape index (κ2) is 5.76. The minimum absolute atomic E-state index is 0.0307. The summed E-state index contributed by atoms with van der Waals surface area (Å²) in [7, 11) is 0. The smallest absolute Gasteiger partial charge is 0.212 e. The van der Waals surface area contributed by atoms with E-state index in [0.29, 0.717) is 11.6 Å². The van der Waals surface area contributed by atoms with Crippen LogP contribution in [0.4, 0.5) is 16.0 Å². The summed E-state index contributed by atoms with van der Waals surface area (Å²) in [6.07, 6.45) is 3.38. The van der Waals surface area contributed by atoms with Crippen LogP contribution in [0.3, 0.4) is 0 Å². The molecular formula is C15H10Cl2FN3. The number of aromatic nitrogens is 2. The van der Waals surface area contributed by atoms with Crippen LogP contribution < -0.4 is 5.32 Å². The molecule has 1 aromatic heterocycles. The number of nitrogens with zero attached hydrogens (tertiary/aromatic N) is 2. The summed E-state index contributed by atoms with van der Waals surface area (Å²) in [5.41, 5.74) is 1.52. The highest BCUT2D eigenvalue weighted by Gasteiger charge is 2.11. The van der Waals surface area contributed by atoms with E-state index in [1.54, 1.807) is 17.0 Å². The predicted octanol–water partition coefficient (Wildman–Crippen LogP) is 5.06. The summed E-state index contributed by atoms with van der Waals surface area (Å²) in [6.45, 7) is 0. The van der Waals surface area contributed by atoms with Gasteiger partial charge in [0.25, 0.3) is 0 Å². The summed E-state index contributed by atoms with van der Waals surface area (Å²) < 4.78 is 15.2. The zero-order valence-electron chi connectivity index (χ0n) is 10.7. The maximum Gasteiger partial charge on any atom is 0.212 e. The second-order valence-electron chi connectivity index (χ2n) is 4.34. The van der Waals surface area contributed by atoms with E-state index in [9.17, 15) is 4.39 Å². The first-order chi connectivity index (χ1) is 10.1. The first-order valence-electron chi connectivity index (χ1n) is 6.15. The zero-order chi connectivity index (χ0) is 14.8. The van der Waals surface area contributed by atoms with E-state index in [-0.39, 0.29) is 10.0 Å². The molecule has 0 saturated carbocycles. The average molecular weight is 322 g/mol. The zero-order valence-corrected chi connectivity index (χ0v) is 12.2. The first kappa shape index (κ1) is 13.9. The number of anilines is 2. The summed E-state index contributed by atoms with van der Waals surface area (Å²) in [4.78, 5) is 4.24. The summed E-state index contributed by atoms with van der Waals surface area (Å²) in [6, 6.07) is 12.6. The van der Waals surface area contributed by atoms with Crippen LogP contribution in [0.2, 0.25) is 10.0 Å². The fraction of sp³-hybridized carbons (Fsp3) is 0.